The van der Waals surface area contributed by atoms with Crippen LogP contribution in [-0.4, -0.2) is 11.5 Å². The highest BCUT2D eigenvalue weighted by atomic mass is 35.5. The van der Waals surface area contributed by atoms with Crippen molar-refractivity contribution >= 4 is 35.0 Å². The lowest BCUT2D eigenvalue weighted by molar-refractivity contribution is 0.762. The highest BCUT2D eigenvalue weighted by Gasteiger charge is 2.18. The van der Waals surface area contributed by atoms with Gasteiger partial charge in [-0.05, 0) is 47.6 Å². The maximum Gasteiger partial charge on any atom is 0.0423 e. The Bertz CT molecular complexity index is 288. The first kappa shape index (κ1) is 9.70. The van der Waals surface area contributed by atoms with Gasteiger partial charge >= 0.3 is 0 Å². The minimum Gasteiger partial charge on any atom is -0.161 e. The molecule has 0 aliphatic carbocycles. The van der Waals surface area contributed by atoms with Crippen molar-refractivity contribution < 1.29 is 0 Å². The summed E-state index contributed by atoms with van der Waals surface area (Å²) in [6.07, 6.45) is 2.24. The fraction of sp³-hybridized carbons (Fsp3) is 0.300. The van der Waals surface area contributed by atoms with Crippen LogP contribution in [0.3, 0.4) is 0 Å². The molecule has 0 amide bonds. The van der Waals surface area contributed by atoms with E-state index in [0.29, 0.717) is 16.0 Å². The van der Waals surface area contributed by atoms with Gasteiger partial charge in [-0.25, -0.2) is 0 Å². The molecule has 13 heavy (non-hydrogen) atoms. The van der Waals surface area contributed by atoms with Crippen LogP contribution in [-0.2, 0) is 0 Å². The Morgan fingerprint density at radius 2 is 1.77 bits per heavy atom. The van der Waals surface area contributed by atoms with Crippen molar-refractivity contribution in [2.45, 2.75) is 0 Å². The van der Waals surface area contributed by atoms with Gasteiger partial charge in [0.05, 0.1) is 0 Å². The Morgan fingerprint density at radius 1 is 1.15 bits per heavy atom. The molecule has 1 saturated heterocycles. The third-order valence-corrected chi connectivity index (χ3v) is 3.74. The van der Waals surface area contributed by atoms with Gasteiger partial charge in [-0.3, -0.25) is 0 Å². The van der Waals surface area contributed by atoms with Gasteiger partial charge in [0, 0.05) is 10.0 Å². The lowest BCUT2D eigenvalue weighted by Crippen LogP contribution is -2.18. The molecule has 1 aromatic rings. The number of hydrogen-bond acceptors (Lipinski definition) is 1. The number of benzene rings is 1. The van der Waals surface area contributed by atoms with E-state index in [9.17, 15) is 0 Å². The molecule has 0 unspecified atom stereocenters. The summed E-state index contributed by atoms with van der Waals surface area (Å²) in [5.41, 5.74) is 1.14. The molecule has 0 spiro atoms. The summed E-state index contributed by atoms with van der Waals surface area (Å²) in [4.78, 5) is 0. The van der Waals surface area contributed by atoms with Crippen LogP contribution in [0.5, 0.6) is 0 Å². The highest BCUT2D eigenvalue weighted by Crippen LogP contribution is 2.30. The molecule has 0 atom stereocenters. The minimum absolute atomic E-state index is 0.708. The molecule has 0 bridgehead atoms. The first-order chi connectivity index (χ1) is 6.24. The van der Waals surface area contributed by atoms with E-state index in [-0.39, 0.29) is 0 Å². The smallest absolute Gasteiger partial charge is 0.0423 e. The third-order valence-electron chi connectivity index (χ3n) is 1.98. The fourth-order valence-electron chi connectivity index (χ4n) is 1.29. The average molecular weight is 232 g/mol. The van der Waals surface area contributed by atoms with Crippen LogP contribution in [0.4, 0.5) is 0 Å². The Hall–Kier alpha value is 0.150. The quantitative estimate of drug-likeness (QED) is 0.744. The van der Waals surface area contributed by atoms with Gasteiger partial charge in [0.2, 0.25) is 0 Å². The molecular formula is C10H9Cl2S. The van der Waals surface area contributed by atoms with Crippen molar-refractivity contribution in [3.63, 3.8) is 0 Å². The van der Waals surface area contributed by atoms with Crippen LogP contribution in [0.2, 0.25) is 10.0 Å². The molecule has 1 radical (unpaired) electrons. The van der Waals surface area contributed by atoms with Gasteiger partial charge in [-0.1, -0.05) is 23.2 Å². The second-order valence-electron chi connectivity index (χ2n) is 3.17. The van der Waals surface area contributed by atoms with E-state index >= 15 is 0 Å². The van der Waals surface area contributed by atoms with Crippen LogP contribution < -0.4 is 0 Å². The van der Waals surface area contributed by atoms with Crippen molar-refractivity contribution in [3.8, 4) is 0 Å². The van der Waals surface area contributed by atoms with Gasteiger partial charge in [0.1, 0.15) is 0 Å². The van der Waals surface area contributed by atoms with Crippen LogP contribution >= 0.6 is 35.0 Å². The molecule has 1 aromatic carbocycles. The molecule has 69 valence electrons. The highest BCUT2D eigenvalue weighted by molar-refractivity contribution is 8.00. The summed E-state index contributed by atoms with van der Waals surface area (Å²) >= 11 is 13.7. The Kier molecular flexibility index (Phi) is 3.07. The Labute approximate surface area is 92.6 Å². The Morgan fingerprint density at radius 3 is 2.23 bits per heavy atom. The molecule has 0 saturated carbocycles. The van der Waals surface area contributed by atoms with E-state index in [1.54, 1.807) is 6.07 Å². The molecule has 0 N–H and O–H groups in total. The first-order valence-electron chi connectivity index (χ1n) is 4.13. The van der Waals surface area contributed by atoms with E-state index in [0.717, 1.165) is 5.56 Å². The summed E-state index contributed by atoms with van der Waals surface area (Å²) in [7, 11) is 0. The molecule has 1 heterocycles. The molecule has 1 aliphatic heterocycles. The summed E-state index contributed by atoms with van der Waals surface area (Å²) in [5, 5.41) is 1.43. The largest absolute Gasteiger partial charge is 0.161 e. The topological polar surface area (TPSA) is 0 Å². The normalized spacial score (nSPS) is 17.1. The second-order valence-corrected chi connectivity index (χ2v) is 5.11. The van der Waals surface area contributed by atoms with Crippen LogP contribution in [0, 0.1) is 12.3 Å². The molecular weight excluding hydrogens is 223 g/mol. The summed E-state index contributed by atoms with van der Waals surface area (Å²) < 4.78 is 0. The van der Waals surface area contributed by atoms with E-state index in [4.69, 9.17) is 23.2 Å². The van der Waals surface area contributed by atoms with Gasteiger partial charge in [-0.2, -0.15) is 11.8 Å². The van der Waals surface area contributed by atoms with Crippen molar-refractivity contribution in [3.05, 3.63) is 40.2 Å². The molecule has 1 aliphatic rings. The zero-order chi connectivity index (χ0) is 9.26. The van der Waals surface area contributed by atoms with E-state index in [1.807, 2.05) is 23.9 Å². The van der Waals surface area contributed by atoms with Crippen molar-refractivity contribution in [2.24, 2.45) is 5.92 Å². The number of hydrogen-bond donors (Lipinski definition) is 0. The molecule has 2 rings (SSSR count). The predicted molar refractivity (Wildman–Crippen MR) is 60.7 cm³/mol. The first-order valence-corrected chi connectivity index (χ1v) is 6.04. The minimum atomic E-state index is 0.708. The monoisotopic (exact) mass is 231 g/mol. The van der Waals surface area contributed by atoms with Crippen LogP contribution in [0.25, 0.3) is 0 Å². The number of thioether (sulfide) groups is 1. The molecule has 3 heteroatoms. The molecule has 0 nitrogen and oxygen atoms in total. The molecule has 1 fully saturated rings. The maximum atomic E-state index is 5.89. The molecule has 0 aromatic heterocycles. The summed E-state index contributed by atoms with van der Waals surface area (Å²) in [6, 6.07) is 5.67. The lowest BCUT2D eigenvalue weighted by atomic mass is 10.0. The number of halogens is 2. The van der Waals surface area contributed by atoms with E-state index < -0.39 is 0 Å². The standard InChI is InChI=1S/C10H9Cl2S/c11-9-2-7(3-10(12)4-9)1-8-5-13-6-8/h1-4,8H,5-6H2. The Balaban J connectivity index is 2.10. The lowest BCUT2D eigenvalue weighted by Gasteiger charge is -2.24. The van der Waals surface area contributed by atoms with Gasteiger partial charge < -0.3 is 0 Å². The van der Waals surface area contributed by atoms with Gasteiger partial charge in [0.15, 0.2) is 0 Å². The second kappa shape index (κ2) is 4.12. The van der Waals surface area contributed by atoms with E-state index in [1.165, 1.54) is 11.5 Å². The van der Waals surface area contributed by atoms with Crippen LogP contribution in [0.1, 0.15) is 5.56 Å². The fourth-order valence-corrected chi connectivity index (χ4v) is 2.54. The predicted octanol–water partition coefficient (Wildman–Crippen LogP) is 3.91. The third kappa shape index (κ3) is 2.55. The zero-order valence-electron chi connectivity index (χ0n) is 6.97. The zero-order valence-corrected chi connectivity index (χ0v) is 9.29. The SMILES string of the molecule is Clc1cc(Cl)cc([CH]C2CSC2)c1. The summed E-state index contributed by atoms with van der Waals surface area (Å²) in [6.45, 7) is 0. The number of rotatable bonds is 2. The van der Waals surface area contributed by atoms with Gasteiger partial charge in [-0.15, -0.1) is 0 Å². The van der Waals surface area contributed by atoms with Crippen LogP contribution in [0.15, 0.2) is 18.2 Å². The van der Waals surface area contributed by atoms with Gasteiger partial charge in [0.25, 0.3) is 0 Å². The van der Waals surface area contributed by atoms with Crippen molar-refractivity contribution in [1.82, 2.24) is 0 Å². The van der Waals surface area contributed by atoms with Crippen molar-refractivity contribution in [1.29, 1.82) is 0 Å². The average Bonchev–Trinajstić information content (AvgIpc) is 1.95. The van der Waals surface area contributed by atoms with Crippen molar-refractivity contribution in [2.75, 3.05) is 11.5 Å². The van der Waals surface area contributed by atoms with E-state index in [2.05, 4.69) is 6.42 Å². The maximum absolute atomic E-state index is 5.89. The summed E-state index contributed by atoms with van der Waals surface area (Å²) in [5.74, 6) is 3.16.